The molecule has 2 aromatic heterocycles. The Morgan fingerprint density at radius 1 is 1.04 bits per heavy atom. The first-order valence-corrected chi connectivity index (χ1v) is 9.90. The van der Waals surface area contributed by atoms with Crippen molar-refractivity contribution in [2.24, 2.45) is 0 Å². The van der Waals surface area contributed by atoms with E-state index in [4.69, 9.17) is 5.10 Å². The number of imidazole rings is 1. The van der Waals surface area contributed by atoms with Crippen molar-refractivity contribution in [1.29, 1.82) is 0 Å². The number of halogens is 2. The zero-order valence-corrected chi connectivity index (χ0v) is 16.5. The fourth-order valence-corrected chi connectivity index (χ4v) is 3.76. The van der Waals surface area contributed by atoms with Crippen LogP contribution in [0, 0.1) is 25.5 Å². The van der Waals surface area contributed by atoms with E-state index in [-0.39, 0.29) is 5.56 Å². The first-order valence-electron chi connectivity index (χ1n) is 8.68. The molecule has 0 spiro atoms. The van der Waals surface area contributed by atoms with E-state index in [1.807, 2.05) is 38.3 Å². The number of nitrogens with zero attached hydrogens (tertiary/aromatic N) is 4. The van der Waals surface area contributed by atoms with E-state index in [1.165, 1.54) is 23.9 Å². The Bertz CT molecular complexity index is 1150. The molecule has 28 heavy (non-hydrogen) atoms. The van der Waals surface area contributed by atoms with Gasteiger partial charge in [-0.3, -0.25) is 0 Å². The van der Waals surface area contributed by atoms with Gasteiger partial charge in [0.05, 0.1) is 12.0 Å². The standard InChI is InChI=1S/C21H18F2N4S/c1-13-4-5-14(2)18(10-13)27-19(16-7-6-15(22)11-17(16)23)20(21(25-27)28-3)26-9-8-24-12-26/h4-12H,1-3H3. The molecule has 2 heterocycles. The van der Waals surface area contributed by atoms with Gasteiger partial charge in [0, 0.05) is 24.0 Å². The van der Waals surface area contributed by atoms with Crippen molar-refractivity contribution < 1.29 is 8.78 Å². The smallest absolute Gasteiger partial charge is 0.143 e. The third-order valence-electron chi connectivity index (χ3n) is 4.56. The highest BCUT2D eigenvalue weighted by Gasteiger charge is 2.24. The van der Waals surface area contributed by atoms with Gasteiger partial charge in [-0.05, 0) is 49.4 Å². The maximum Gasteiger partial charge on any atom is 0.143 e. The molecule has 0 saturated heterocycles. The molecule has 0 aliphatic rings. The van der Waals surface area contributed by atoms with E-state index < -0.39 is 11.6 Å². The van der Waals surface area contributed by atoms with Crippen LogP contribution in [0.5, 0.6) is 0 Å². The molecule has 0 radical (unpaired) electrons. The molecule has 0 N–H and O–H groups in total. The second-order valence-electron chi connectivity index (χ2n) is 6.50. The van der Waals surface area contributed by atoms with E-state index in [9.17, 15) is 8.78 Å². The zero-order chi connectivity index (χ0) is 19.8. The topological polar surface area (TPSA) is 35.6 Å². The molecule has 2 aromatic carbocycles. The van der Waals surface area contributed by atoms with E-state index in [0.717, 1.165) is 27.9 Å². The fraction of sp³-hybridized carbons (Fsp3) is 0.143. The predicted octanol–water partition coefficient (Wildman–Crippen LogP) is 5.34. The van der Waals surface area contributed by atoms with Crippen LogP contribution in [0.25, 0.3) is 22.6 Å². The van der Waals surface area contributed by atoms with Crippen LogP contribution >= 0.6 is 11.8 Å². The van der Waals surface area contributed by atoms with Gasteiger partial charge in [-0.15, -0.1) is 11.8 Å². The molecule has 4 nitrogen and oxygen atoms in total. The van der Waals surface area contributed by atoms with Crippen LogP contribution in [0.4, 0.5) is 8.78 Å². The SMILES string of the molecule is CSc1nn(-c2cc(C)ccc2C)c(-c2ccc(F)cc2F)c1-n1ccnc1. The molecule has 0 aliphatic carbocycles. The molecule has 142 valence electrons. The van der Waals surface area contributed by atoms with Gasteiger partial charge in [-0.1, -0.05) is 12.1 Å². The summed E-state index contributed by atoms with van der Waals surface area (Å²) in [7, 11) is 0. The van der Waals surface area contributed by atoms with Crippen molar-refractivity contribution in [3.05, 3.63) is 77.9 Å². The second-order valence-corrected chi connectivity index (χ2v) is 7.30. The molecular weight excluding hydrogens is 378 g/mol. The molecule has 4 rings (SSSR count). The highest BCUT2D eigenvalue weighted by atomic mass is 32.2. The molecule has 0 saturated carbocycles. The lowest BCUT2D eigenvalue weighted by Crippen LogP contribution is -2.04. The monoisotopic (exact) mass is 396 g/mol. The van der Waals surface area contributed by atoms with Crippen molar-refractivity contribution in [2.45, 2.75) is 18.9 Å². The number of thioether (sulfide) groups is 1. The maximum atomic E-state index is 14.8. The van der Waals surface area contributed by atoms with E-state index in [1.54, 1.807) is 28.0 Å². The van der Waals surface area contributed by atoms with Gasteiger partial charge in [0.2, 0.25) is 0 Å². The maximum absolute atomic E-state index is 14.8. The lowest BCUT2D eigenvalue weighted by molar-refractivity contribution is 0.584. The van der Waals surface area contributed by atoms with Gasteiger partial charge in [0.25, 0.3) is 0 Å². The van der Waals surface area contributed by atoms with Gasteiger partial charge in [-0.25, -0.2) is 18.4 Å². The molecule has 0 amide bonds. The Morgan fingerprint density at radius 2 is 1.86 bits per heavy atom. The van der Waals surface area contributed by atoms with Crippen molar-refractivity contribution in [1.82, 2.24) is 19.3 Å². The quantitative estimate of drug-likeness (QED) is 0.437. The third-order valence-corrected chi connectivity index (χ3v) is 5.23. The fourth-order valence-electron chi connectivity index (χ4n) is 3.20. The minimum Gasteiger partial charge on any atom is -0.302 e. The van der Waals surface area contributed by atoms with Crippen LogP contribution in [-0.2, 0) is 0 Å². The number of benzene rings is 2. The molecule has 4 aromatic rings. The summed E-state index contributed by atoms with van der Waals surface area (Å²) in [4.78, 5) is 4.12. The van der Waals surface area contributed by atoms with Crippen LogP contribution < -0.4 is 0 Å². The largest absolute Gasteiger partial charge is 0.302 e. The Morgan fingerprint density at radius 3 is 2.54 bits per heavy atom. The summed E-state index contributed by atoms with van der Waals surface area (Å²) in [6.07, 6.45) is 7.01. The highest BCUT2D eigenvalue weighted by molar-refractivity contribution is 7.98. The van der Waals surface area contributed by atoms with Gasteiger partial charge in [0.1, 0.15) is 28.0 Å². The summed E-state index contributed by atoms with van der Waals surface area (Å²) < 4.78 is 31.9. The summed E-state index contributed by atoms with van der Waals surface area (Å²) in [5.41, 5.74) is 4.45. The predicted molar refractivity (Wildman–Crippen MR) is 107 cm³/mol. The molecular formula is C21H18F2N4S. The number of hydrogen-bond donors (Lipinski definition) is 0. The van der Waals surface area contributed by atoms with Crippen molar-refractivity contribution in [3.63, 3.8) is 0 Å². The third kappa shape index (κ3) is 3.11. The van der Waals surface area contributed by atoms with Crippen molar-refractivity contribution in [3.8, 4) is 22.6 Å². The first kappa shape index (κ1) is 18.4. The summed E-state index contributed by atoms with van der Waals surface area (Å²) in [5, 5.41) is 5.49. The van der Waals surface area contributed by atoms with Gasteiger partial charge in [-0.2, -0.15) is 5.10 Å². The van der Waals surface area contributed by atoms with Crippen LogP contribution in [0.2, 0.25) is 0 Å². The van der Waals surface area contributed by atoms with E-state index >= 15 is 0 Å². The molecule has 0 bridgehead atoms. The Labute approximate surface area is 165 Å². The minimum atomic E-state index is -0.638. The number of hydrogen-bond acceptors (Lipinski definition) is 3. The van der Waals surface area contributed by atoms with Gasteiger partial charge < -0.3 is 4.57 Å². The van der Waals surface area contributed by atoms with E-state index in [0.29, 0.717) is 11.4 Å². The van der Waals surface area contributed by atoms with Crippen LogP contribution in [-0.4, -0.2) is 25.6 Å². The molecule has 0 aliphatic heterocycles. The molecule has 0 fully saturated rings. The van der Waals surface area contributed by atoms with Crippen LogP contribution in [0.3, 0.4) is 0 Å². The lowest BCUT2D eigenvalue weighted by atomic mass is 10.1. The minimum absolute atomic E-state index is 0.277. The molecule has 7 heteroatoms. The Hall–Kier alpha value is -2.93. The van der Waals surface area contributed by atoms with Gasteiger partial charge >= 0.3 is 0 Å². The van der Waals surface area contributed by atoms with Crippen LogP contribution in [0.1, 0.15) is 11.1 Å². The number of aromatic nitrogens is 4. The van der Waals surface area contributed by atoms with Crippen molar-refractivity contribution >= 4 is 11.8 Å². The Kier molecular flexibility index (Phi) is 4.77. The highest BCUT2D eigenvalue weighted by Crippen LogP contribution is 2.37. The normalized spacial score (nSPS) is 11.2. The number of aryl methyl sites for hydroxylation is 2. The molecule has 0 atom stereocenters. The van der Waals surface area contributed by atoms with Gasteiger partial charge in [0.15, 0.2) is 0 Å². The first-order chi connectivity index (χ1) is 13.5. The van der Waals surface area contributed by atoms with E-state index in [2.05, 4.69) is 4.98 Å². The number of rotatable bonds is 4. The average molecular weight is 396 g/mol. The lowest BCUT2D eigenvalue weighted by Gasteiger charge is -2.14. The Balaban J connectivity index is 2.11. The molecule has 0 unspecified atom stereocenters. The summed E-state index contributed by atoms with van der Waals surface area (Å²) >= 11 is 1.46. The average Bonchev–Trinajstić information content (AvgIpc) is 3.31. The second kappa shape index (κ2) is 7.24. The summed E-state index contributed by atoms with van der Waals surface area (Å²) in [6, 6.07) is 9.64. The van der Waals surface area contributed by atoms with Crippen LogP contribution in [0.15, 0.2) is 60.1 Å². The zero-order valence-electron chi connectivity index (χ0n) is 15.6. The summed E-state index contributed by atoms with van der Waals surface area (Å²) in [5.74, 6) is -1.26. The summed E-state index contributed by atoms with van der Waals surface area (Å²) in [6.45, 7) is 3.98. The van der Waals surface area contributed by atoms with Crippen molar-refractivity contribution in [2.75, 3.05) is 6.26 Å².